The average molecular weight is 126 g/mol. The van der Waals surface area contributed by atoms with Gasteiger partial charge in [0, 0.05) is 5.54 Å². The zero-order chi connectivity index (χ0) is 6.32. The molecular formula is C7H14N2. The number of nitrogens with two attached hydrogens (primary N) is 1. The molecule has 0 unspecified atom stereocenters. The van der Waals surface area contributed by atoms with Gasteiger partial charge in [0.15, 0.2) is 0 Å². The highest BCUT2D eigenvalue weighted by atomic mass is 15.0. The number of nitrogens with one attached hydrogen (secondary N) is 1. The summed E-state index contributed by atoms with van der Waals surface area (Å²) in [6.45, 7) is 2.41. The summed E-state index contributed by atoms with van der Waals surface area (Å²) < 4.78 is 0. The van der Waals surface area contributed by atoms with Crippen LogP contribution in [0.5, 0.6) is 0 Å². The topological polar surface area (TPSA) is 38.0 Å². The van der Waals surface area contributed by atoms with E-state index in [9.17, 15) is 0 Å². The molecule has 52 valence electrons. The van der Waals surface area contributed by atoms with Gasteiger partial charge in [0.05, 0.1) is 0 Å². The zero-order valence-electron chi connectivity index (χ0n) is 5.69. The van der Waals surface area contributed by atoms with E-state index in [1.54, 1.807) is 0 Å². The lowest BCUT2D eigenvalue weighted by molar-refractivity contribution is 0.299. The Labute approximate surface area is 55.8 Å². The molecule has 1 saturated heterocycles. The lowest BCUT2D eigenvalue weighted by atomic mass is 9.94. The van der Waals surface area contributed by atoms with Crippen molar-refractivity contribution in [2.45, 2.75) is 24.8 Å². The second-order valence-corrected chi connectivity index (χ2v) is 3.59. The minimum atomic E-state index is 0.284. The molecule has 0 atom stereocenters. The van der Waals surface area contributed by atoms with Crippen molar-refractivity contribution in [2.75, 3.05) is 13.1 Å². The van der Waals surface area contributed by atoms with Crippen LogP contribution in [0.1, 0.15) is 19.3 Å². The smallest absolute Gasteiger partial charge is 0.0159 e. The summed E-state index contributed by atoms with van der Waals surface area (Å²) in [7, 11) is 0. The van der Waals surface area contributed by atoms with Crippen LogP contribution in [0, 0.1) is 5.92 Å². The van der Waals surface area contributed by atoms with Crippen LogP contribution in [0.15, 0.2) is 0 Å². The molecule has 0 amide bonds. The van der Waals surface area contributed by atoms with Gasteiger partial charge in [-0.3, -0.25) is 0 Å². The van der Waals surface area contributed by atoms with Crippen LogP contribution in [-0.2, 0) is 0 Å². The van der Waals surface area contributed by atoms with Crippen LogP contribution in [0.4, 0.5) is 0 Å². The van der Waals surface area contributed by atoms with Crippen molar-refractivity contribution in [1.29, 1.82) is 0 Å². The van der Waals surface area contributed by atoms with Crippen molar-refractivity contribution in [3.05, 3.63) is 0 Å². The van der Waals surface area contributed by atoms with Crippen LogP contribution < -0.4 is 11.1 Å². The summed E-state index contributed by atoms with van der Waals surface area (Å²) in [6.07, 6.45) is 3.80. The summed E-state index contributed by atoms with van der Waals surface area (Å²) in [5.74, 6) is 0.900. The predicted molar refractivity (Wildman–Crippen MR) is 37.1 cm³/mol. The molecule has 0 radical (unpaired) electrons. The minimum Gasteiger partial charge on any atom is -0.325 e. The Morgan fingerprint density at radius 3 is 2.44 bits per heavy atom. The van der Waals surface area contributed by atoms with Gasteiger partial charge in [-0.05, 0) is 38.3 Å². The normalized spacial score (nSPS) is 31.7. The maximum absolute atomic E-state index is 5.93. The van der Waals surface area contributed by atoms with E-state index in [1.807, 2.05) is 0 Å². The van der Waals surface area contributed by atoms with E-state index in [2.05, 4.69) is 5.32 Å². The third-order valence-corrected chi connectivity index (χ3v) is 2.45. The zero-order valence-corrected chi connectivity index (χ0v) is 5.69. The van der Waals surface area contributed by atoms with Gasteiger partial charge >= 0.3 is 0 Å². The number of hydrogen-bond donors (Lipinski definition) is 2. The van der Waals surface area contributed by atoms with Crippen molar-refractivity contribution in [1.82, 2.24) is 5.32 Å². The van der Waals surface area contributed by atoms with Gasteiger partial charge in [0.25, 0.3) is 0 Å². The Bertz CT molecular complexity index is 114. The second kappa shape index (κ2) is 1.70. The highest BCUT2D eigenvalue weighted by Gasteiger charge is 2.40. The molecule has 0 spiro atoms. The lowest BCUT2D eigenvalue weighted by Gasteiger charge is -2.29. The molecule has 2 heteroatoms. The molecular weight excluding hydrogens is 112 g/mol. The number of rotatable bonds is 2. The molecule has 2 nitrogen and oxygen atoms in total. The van der Waals surface area contributed by atoms with Crippen LogP contribution in [-0.4, -0.2) is 18.6 Å². The summed E-state index contributed by atoms with van der Waals surface area (Å²) in [6, 6.07) is 0. The fourth-order valence-corrected chi connectivity index (χ4v) is 1.43. The number of hydrogen-bond acceptors (Lipinski definition) is 2. The first-order valence-corrected chi connectivity index (χ1v) is 3.78. The minimum absolute atomic E-state index is 0.284. The van der Waals surface area contributed by atoms with E-state index in [0.29, 0.717) is 0 Å². The van der Waals surface area contributed by atoms with Gasteiger partial charge in [-0.15, -0.1) is 0 Å². The molecule has 1 heterocycles. The highest BCUT2D eigenvalue weighted by Crippen LogP contribution is 2.38. The first-order valence-electron chi connectivity index (χ1n) is 3.78. The summed E-state index contributed by atoms with van der Waals surface area (Å²) in [5.41, 5.74) is 6.21. The van der Waals surface area contributed by atoms with Gasteiger partial charge in [0.2, 0.25) is 0 Å². The van der Waals surface area contributed by atoms with E-state index >= 15 is 0 Å². The third kappa shape index (κ3) is 1.10. The molecule has 0 aromatic carbocycles. The molecule has 0 aromatic heterocycles. The Kier molecular flexibility index (Phi) is 1.08. The summed E-state index contributed by atoms with van der Waals surface area (Å²) in [5, 5.41) is 3.26. The van der Waals surface area contributed by atoms with Crippen molar-refractivity contribution in [3.63, 3.8) is 0 Å². The molecule has 1 aliphatic heterocycles. The van der Waals surface area contributed by atoms with E-state index in [0.717, 1.165) is 5.92 Å². The van der Waals surface area contributed by atoms with E-state index in [-0.39, 0.29) is 5.54 Å². The Morgan fingerprint density at radius 1 is 1.44 bits per heavy atom. The average Bonchev–Trinajstić information content (AvgIpc) is 2.39. The maximum Gasteiger partial charge on any atom is 0.0159 e. The summed E-state index contributed by atoms with van der Waals surface area (Å²) >= 11 is 0. The van der Waals surface area contributed by atoms with Crippen molar-refractivity contribution >= 4 is 0 Å². The van der Waals surface area contributed by atoms with Gasteiger partial charge in [-0.2, -0.15) is 0 Å². The van der Waals surface area contributed by atoms with Crippen LogP contribution in [0.25, 0.3) is 0 Å². The first-order chi connectivity index (χ1) is 4.29. The van der Waals surface area contributed by atoms with E-state index in [1.165, 1.54) is 32.4 Å². The quantitative estimate of drug-likeness (QED) is 0.550. The fourth-order valence-electron chi connectivity index (χ4n) is 1.43. The van der Waals surface area contributed by atoms with Crippen LogP contribution in [0.2, 0.25) is 0 Å². The fraction of sp³-hybridized carbons (Fsp3) is 1.00. The Morgan fingerprint density at radius 2 is 2.11 bits per heavy atom. The molecule has 1 saturated carbocycles. The molecule has 1 aliphatic carbocycles. The van der Waals surface area contributed by atoms with Crippen molar-refractivity contribution < 1.29 is 0 Å². The molecule has 2 aliphatic rings. The van der Waals surface area contributed by atoms with Crippen molar-refractivity contribution in [3.8, 4) is 0 Å². The van der Waals surface area contributed by atoms with Gasteiger partial charge in [0.1, 0.15) is 0 Å². The molecule has 0 aromatic rings. The standard InChI is InChI=1S/C7H14N2/c8-7(1-2-7)3-6-4-9-5-6/h6,9H,1-5,8H2. The predicted octanol–water partition coefficient (Wildman–Crippen LogP) is 0.0872. The summed E-state index contributed by atoms with van der Waals surface area (Å²) in [4.78, 5) is 0. The van der Waals surface area contributed by atoms with Crippen LogP contribution in [0.3, 0.4) is 0 Å². The van der Waals surface area contributed by atoms with Gasteiger partial charge < -0.3 is 11.1 Å². The largest absolute Gasteiger partial charge is 0.325 e. The molecule has 9 heavy (non-hydrogen) atoms. The SMILES string of the molecule is NC1(CC2CNC2)CC1. The lowest BCUT2D eigenvalue weighted by Crippen LogP contribution is -2.45. The second-order valence-electron chi connectivity index (χ2n) is 3.59. The van der Waals surface area contributed by atoms with Crippen molar-refractivity contribution in [2.24, 2.45) is 11.7 Å². The highest BCUT2D eigenvalue weighted by molar-refractivity contribution is 5.01. The third-order valence-electron chi connectivity index (χ3n) is 2.45. The monoisotopic (exact) mass is 126 g/mol. The molecule has 2 rings (SSSR count). The Hall–Kier alpha value is -0.0800. The van der Waals surface area contributed by atoms with Gasteiger partial charge in [-0.1, -0.05) is 0 Å². The van der Waals surface area contributed by atoms with Crippen LogP contribution >= 0.6 is 0 Å². The first kappa shape index (κ1) is 5.69. The molecule has 3 N–H and O–H groups in total. The Balaban J connectivity index is 1.76. The van der Waals surface area contributed by atoms with E-state index in [4.69, 9.17) is 5.73 Å². The molecule has 0 bridgehead atoms. The molecule has 2 fully saturated rings. The van der Waals surface area contributed by atoms with E-state index < -0.39 is 0 Å². The maximum atomic E-state index is 5.93. The van der Waals surface area contributed by atoms with Gasteiger partial charge in [-0.25, -0.2) is 0 Å².